The lowest BCUT2D eigenvalue weighted by Gasteiger charge is -2.24. The van der Waals surface area contributed by atoms with Crippen molar-refractivity contribution in [2.45, 2.75) is 48.7 Å². The van der Waals surface area contributed by atoms with Gasteiger partial charge in [0.25, 0.3) is 0 Å². The molecule has 2 aromatic heterocycles. The van der Waals surface area contributed by atoms with Gasteiger partial charge in [-0.15, -0.1) is 0 Å². The minimum absolute atomic E-state index is 0.0259. The number of nitrogens with zero attached hydrogens (tertiary/aromatic N) is 4. The number of methoxy groups -OCH3 is 1. The fourth-order valence-electron chi connectivity index (χ4n) is 5.39. The number of benzene rings is 1. The Morgan fingerprint density at radius 3 is 2.41 bits per heavy atom. The van der Waals surface area contributed by atoms with E-state index in [1.165, 1.54) is 25.3 Å². The van der Waals surface area contributed by atoms with Gasteiger partial charge in [0.2, 0.25) is 5.88 Å². The van der Waals surface area contributed by atoms with Crippen LogP contribution in [0.25, 0.3) is 11.3 Å². The molecular formula is C26H26F3N5O4S. The maximum atomic E-state index is 13.8. The number of anilines is 1. The Kier molecular flexibility index (Phi) is 6.73. The second-order valence-electron chi connectivity index (χ2n) is 9.82. The number of aromatic nitrogens is 3. The number of alkyl halides is 3. The second-order valence-corrected chi connectivity index (χ2v) is 11.8. The van der Waals surface area contributed by atoms with Crippen molar-refractivity contribution in [2.24, 2.45) is 0 Å². The molecule has 13 heteroatoms. The van der Waals surface area contributed by atoms with Gasteiger partial charge in [-0.05, 0) is 42.7 Å². The maximum absolute atomic E-state index is 13.8. The largest absolute Gasteiger partial charge is 0.480 e. The predicted molar refractivity (Wildman–Crippen MR) is 136 cm³/mol. The number of fused-ring (bicyclic) bond motifs is 2. The molecule has 1 aliphatic heterocycles. The Morgan fingerprint density at radius 2 is 1.79 bits per heavy atom. The van der Waals surface area contributed by atoms with E-state index in [9.17, 15) is 26.4 Å². The van der Waals surface area contributed by atoms with Gasteiger partial charge >= 0.3 is 12.2 Å². The van der Waals surface area contributed by atoms with Crippen molar-refractivity contribution in [3.63, 3.8) is 0 Å². The second kappa shape index (κ2) is 9.78. The van der Waals surface area contributed by atoms with Crippen LogP contribution in [0.4, 0.5) is 23.7 Å². The fourth-order valence-corrected chi connectivity index (χ4v) is 6.02. The van der Waals surface area contributed by atoms with Crippen molar-refractivity contribution in [3.05, 3.63) is 59.7 Å². The van der Waals surface area contributed by atoms with Crippen LogP contribution >= 0.6 is 0 Å². The van der Waals surface area contributed by atoms with Crippen LogP contribution in [0.2, 0.25) is 0 Å². The summed E-state index contributed by atoms with van der Waals surface area (Å²) in [5.74, 6) is -0.236. The van der Waals surface area contributed by atoms with Crippen LogP contribution in [-0.4, -0.2) is 49.3 Å². The van der Waals surface area contributed by atoms with Crippen LogP contribution in [0, 0.1) is 0 Å². The third-order valence-corrected chi connectivity index (χ3v) is 8.39. The van der Waals surface area contributed by atoms with Crippen LogP contribution < -0.4 is 15.0 Å². The number of halogens is 3. The average molecular weight is 562 g/mol. The molecule has 9 nitrogen and oxygen atoms in total. The number of urea groups is 1. The highest BCUT2D eigenvalue weighted by Crippen LogP contribution is 2.51. The molecule has 206 valence electrons. The summed E-state index contributed by atoms with van der Waals surface area (Å²) in [4.78, 5) is 27.1. The Morgan fingerprint density at radius 1 is 1.10 bits per heavy atom. The van der Waals surface area contributed by atoms with Crippen LogP contribution in [0.5, 0.6) is 5.88 Å². The van der Waals surface area contributed by atoms with Crippen LogP contribution in [-0.2, 0) is 28.0 Å². The molecule has 1 N–H and O–H groups in total. The Balaban J connectivity index is 1.47. The highest BCUT2D eigenvalue weighted by atomic mass is 32.2. The molecule has 1 aromatic carbocycles. The molecular weight excluding hydrogens is 535 g/mol. The molecule has 39 heavy (non-hydrogen) atoms. The molecule has 1 saturated carbocycles. The summed E-state index contributed by atoms with van der Waals surface area (Å²) in [6.45, 7) is 0.521. The fraction of sp³-hybridized carbons (Fsp3) is 0.385. The molecule has 2 amide bonds. The first-order valence-corrected chi connectivity index (χ1v) is 14.1. The quantitative estimate of drug-likeness (QED) is 0.488. The van der Waals surface area contributed by atoms with E-state index in [-0.39, 0.29) is 34.6 Å². The van der Waals surface area contributed by atoms with E-state index in [0.29, 0.717) is 17.9 Å². The lowest BCUT2D eigenvalue weighted by molar-refractivity contribution is -0.140. The Labute approximate surface area is 223 Å². The molecule has 0 radical (unpaired) electrons. The number of sulfone groups is 1. The van der Waals surface area contributed by atoms with Gasteiger partial charge in [-0.3, -0.25) is 4.90 Å². The van der Waals surface area contributed by atoms with Crippen molar-refractivity contribution in [3.8, 4) is 17.1 Å². The number of rotatable bonds is 5. The zero-order chi connectivity index (χ0) is 28.0. The van der Waals surface area contributed by atoms with Crippen molar-refractivity contribution < 1.29 is 31.1 Å². The van der Waals surface area contributed by atoms with Crippen molar-refractivity contribution in [2.75, 3.05) is 24.8 Å². The number of ether oxygens (including phenoxy) is 1. The normalized spacial score (nSPS) is 16.4. The van der Waals surface area contributed by atoms with Crippen molar-refractivity contribution in [1.29, 1.82) is 0 Å². The van der Waals surface area contributed by atoms with Gasteiger partial charge < -0.3 is 10.1 Å². The van der Waals surface area contributed by atoms with Gasteiger partial charge in [-0.2, -0.15) is 13.2 Å². The summed E-state index contributed by atoms with van der Waals surface area (Å²) in [6, 6.07) is 8.89. The monoisotopic (exact) mass is 561 g/mol. The summed E-state index contributed by atoms with van der Waals surface area (Å²) in [7, 11) is -2.10. The number of pyridine rings is 1. The van der Waals surface area contributed by atoms with E-state index >= 15 is 0 Å². The number of nitrogens with one attached hydrogen (secondary N) is 1. The topological polar surface area (TPSA) is 114 Å². The summed E-state index contributed by atoms with van der Waals surface area (Å²) in [5.41, 5.74) is -0.103. The average Bonchev–Trinajstić information content (AvgIpc) is 3.51. The molecule has 3 heterocycles. The third-order valence-electron chi connectivity index (χ3n) is 7.26. The maximum Gasteiger partial charge on any atom is 0.434 e. The van der Waals surface area contributed by atoms with Gasteiger partial charge in [0.1, 0.15) is 6.33 Å². The Hall–Kier alpha value is -3.74. The highest BCUT2D eigenvalue weighted by molar-refractivity contribution is 7.90. The first-order chi connectivity index (χ1) is 18.4. The predicted octanol–water partition coefficient (Wildman–Crippen LogP) is 4.51. The molecule has 5 rings (SSSR count). The molecule has 1 aliphatic carbocycles. The third kappa shape index (κ3) is 5.02. The number of hydrogen-bond acceptors (Lipinski definition) is 7. The van der Waals surface area contributed by atoms with Gasteiger partial charge in [-0.25, -0.2) is 28.2 Å². The van der Waals surface area contributed by atoms with E-state index < -0.39 is 27.1 Å². The number of amides is 2. The first kappa shape index (κ1) is 26.9. The highest BCUT2D eigenvalue weighted by Gasteiger charge is 2.48. The lowest BCUT2D eigenvalue weighted by Crippen LogP contribution is -2.41. The van der Waals surface area contributed by atoms with Crippen LogP contribution in [0.3, 0.4) is 0 Å². The van der Waals surface area contributed by atoms with Crippen LogP contribution in [0.15, 0.2) is 47.6 Å². The molecule has 0 atom stereocenters. The van der Waals surface area contributed by atoms with E-state index in [0.717, 1.165) is 43.8 Å². The molecule has 0 unspecified atom stereocenters. The molecule has 3 aromatic rings. The molecule has 0 bridgehead atoms. The number of hydrogen-bond donors (Lipinski definition) is 1. The Bertz CT molecular complexity index is 1520. The minimum Gasteiger partial charge on any atom is -0.480 e. The van der Waals surface area contributed by atoms with Gasteiger partial charge in [0.15, 0.2) is 15.5 Å². The number of carbonyl (C=O) groups excluding carboxylic acids is 1. The van der Waals surface area contributed by atoms with Gasteiger partial charge in [0.05, 0.1) is 34.6 Å². The molecule has 0 saturated heterocycles. The molecule has 1 spiro atoms. The molecule has 2 aliphatic rings. The van der Waals surface area contributed by atoms with Gasteiger partial charge in [0, 0.05) is 24.8 Å². The SMILES string of the molecule is COc1ncnc(C(F)(F)F)c1-c1ccc2c(n1)C1(CCCC1)CN2C(=O)NCc1ccc(S(C)(=O)=O)cc1. The number of carbonyl (C=O) groups is 1. The summed E-state index contributed by atoms with van der Waals surface area (Å²) in [5, 5.41) is 2.86. The van der Waals surface area contributed by atoms with E-state index in [1.807, 2.05) is 0 Å². The van der Waals surface area contributed by atoms with E-state index in [1.54, 1.807) is 23.1 Å². The minimum atomic E-state index is -4.75. The molecule has 1 fully saturated rings. The summed E-state index contributed by atoms with van der Waals surface area (Å²) < 4.78 is 70.0. The smallest absolute Gasteiger partial charge is 0.434 e. The summed E-state index contributed by atoms with van der Waals surface area (Å²) >= 11 is 0. The zero-order valence-electron chi connectivity index (χ0n) is 21.2. The van der Waals surface area contributed by atoms with Crippen molar-refractivity contribution >= 4 is 21.6 Å². The van der Waals surface area contributed by atoms with Crippen molar-refractivity contribution in [1.82, 2.24) is 20.3 Å². The van der Waals surface area contributed by atoms with Crippen LogP contribution in [0.1, 0.15) is 42.6 Å². The van der Waals surface area contributed by atoms with Gasteiger partial charge in [-0.1, -0.05) is 25.0 Å². The summed E-state index contributed by atoms with van der Waals surface area (Å²) in [6.07, 6.45) is 0.514. The lowest BCUT2D eigenvalue weighted by atomic mass is 9.84. The standard InChI is InChI=1S/C26H26F3N5O4S/c1-38-23-20(22(26(27,28)29)31-15-32-23)18-9-10-19-21(33-18)25(11-3-4-12-25)14-34(19)24(35)30-13-16-5-7-17(8-6-16)39(2,36)37/h5-10,15H,3-4,11-14H2,1-2H3,(H,30,35). The zero-order valence-corrected chi connectivity index (χ0v) is 22.1. The first-order valence-electron chi connectivity index (χ1n) is 12.3. The van der Waals surface area contributed by atoms with E-state index in [4.69, 9.17) is 4.74 Å². The van der Waals surface area contributed by atoms with E-state index in [2.05, 4.69) is 20.3 Å².